The zero-order valence-corrected chi connectivity index (χ0v) is 14.5. The van der Waals surface area contributed by atoms with Crippen molar-refractivity contribution in [3.63, 3.8) is 0 Å². The second-order valence-corrected chi connectivity index (χ2v) is 6.67. The molecule has 5 nitrogen and oxygen atoms in total. The number of carbonyl (C=O) groups excluding carboxylic acids is 1. The third-order valence-electron chi connectivity index (χ3n) is 4.91. The van der Waals surface area contributed by atoms with Crippen molar-refractivity contribution in [2.24, 2.45) is 7.05 Å². The molecule has 2 aromatic heterocycles. The molecule has 0 amide bonds. The summed E-state index contributed by atoms with van der Waals surface area (Å²) in [6, 6.07) is 4.05. The number of imidazole rings is 1. The van der Waals surface area contributed by atoms with Crippen molar-refractivity contribution in [1.29, 1.82) is 0 Å². The van der Waals surface area contributed by atoms with Gasteiger partial charge in [-0.15, -0.1) is 0 Å². The van der Waals surface area contributed by atoms with Crippen molar-refractivity contribution in [2.75, 3.05) is 0 Å². The molecule has 1 aliphatic rings. The molecule has 5 heteroatoms. The number of carbonyl (C=O) groups is 1. The first-order chi connectivity index (χ1) is 11.5. The van der Waals surface area contributed by atoms with Gasteiger partial charge in [-0.05, 0) is 44.4 Å². The summed E-state index contributed by atoms with van der Waals surface area (Å²) in [5.74, 6) is 2.51. The number of nitrogens with zero attached hydrogens (tertiary/aromatic N) is 3. The van der Waals surface area contributed by atoms with Gasteiger partial charge in [0.15, 0.2) is 5.78 Å². The zero-order chi connectivity index (χ0) is 17.0. The molecule has 24 heavy (non-hydrogen) atoms. The maximum atomic E-state index is 12.5. The first-order valence-corrected chi connectivity index (χ1v) is 8.48. The number of fused-ring (bicyclic) bond motifs is 1. The lowest BCUT2D eigenvalue weighted by molar-refractivity contribution is 0.0989. The van der Waals surface area contributed by atoms with E-state index >= 15 is 0 Å². The monoisotopic (exact) mass is 323 g/mol. The molecule has 0 spiro atoms. The summed E-state index contributed by atoms with van der Waals surface area (Å²) >= 11 is 0. The fraction of sp³-hybridized carbons (Fsp3) is 0.421. The van der Waals surface area contributed by atoms with E-state index in [4.69, 9.17) is 9.51 Å². The van der Waals surface area contributed by atoms with E-state index in [-0.39, 0.29) is 5.78 Å². The Kier molecular flexibility index (Phi) is 3.34. The van der Waals surface area contributed by atoms with Crippen molar-refractivity contribution >= 4 is 16.8 Å². The van der Waals surface area contributed by atoms with Crippen molar-refractivity contribution in [3.05, 3.63) is 35.0 Å². The average molecular weight is 323 g/mol. The van der Waals surface area contributed by atoms with Crippen LogP contribution in [0.1, 0.15) is 59.7 Å². The summed E-state index contributed by atoms with van der Waals surface area (Å²) in [7, 11) is 2.04. The highest BCUT2D eigenvalue weighted by atomic mass is 16.5. The maximum absolute atomic E-state index is 12.5. The highest BCUT2D eigenvalue weighted by molar-refractivity contribution is 6.08. The van der Waals surface area contributed by atoms with Gasteiger partial charge in [0.2, 0.25) is 0 Å². The minimum atomic E-state index is 0.119. The fourth-order valence-electron chi connectivity index (χ4n) is 3.45. The third kappa shape index (κ3) is 2.19. The Morgan fingerprint density at radius 3 is 2.67 bits per heavy atom. The van der Waals surface area contributed by atoms with Crippen LogP contribution in [0, 0.1) is 13.8 Å². The molecule has 0 aliphatic heterocycles. The van der Waals surface area contributed by atoms with Crippen LogP contribution in [0.3, 0.4) is 0 Å². The van der Waals surface area contributed by atoms with E-state index in [1.165, 1.54) is 12.8 Å². The molecule has 1 aliphatic carbocycles. The summed E-state index contributed by atoms with van der Waals surface area (Å²) in [6.45, 7) is 5.72. The summed E-state index contributed by atoms with van der Waals surface area (Å²) < 4.78 is 7.45. The molecule has 4 rings (SSSR count). The van der Waals surface area contributed by atoms with Gasteiger partial charge in [-0.25, -0.2) is 4.98 Å². The molecule has 1 aromatic carbocycles. The largest absolute Gasteiger partial charge is 0.361 e. The number of hydrogen-bond acceptors (Lipinski definition) is 4. The summed E-state index contributed by atoms with van der Waals surface area (Å²) in [4.78, 5) is 17.4. The Labute approximate surface area is 140 Å². The number of benzene rings is 1. The lowest BCUT2D eigenvalue weighted by atomic mass is 9.98. The van der Waals surface area contributed by atoms with Gasteiger partial charge >= 0.3 is 0 Å². The topological polar surface area (TPSA) is 60.9 Å². The molecular weight excluding hydrogens is 302 g/mol. The van der Waals surface area contributed by atoms with Gasteiger partial charge in [0.1, 0.15) is 11.6 Å². The Balaban J connectivity index is 2.02. The highest BCUT2D eigenvalue weighted by Gasteiger charge is 2.30. The Morgan fingerprint density at radius 2 is 2.08 bits per heavy atom. The van der Waals surface area contributed by atoms with Crippen LogP contribution in [0.2, 0.25) is 0 Å². The minimum absolute atomic E-state index is 0.119. The zero-order valence-electron chi connectivity index (χ0n) is 14.5. The summed E-state index contributed by atoms with van der Waals surface area (Å²) in [5, 5.41) is 4.05. The van der Waals surface area contributed by atoms with E-state index < -0.39 is 0 Å². The first-order valence-electron chi connectivity index (χ1n) is 8.48. The molecule has 0 atom stereocenters. The SMILES string of the molecule is CCC(=O)c1cc(-c2c(C)noc2C)cc2c1nc(C1CC1)n2C. The molecular formula is C19H21N3O2. The van der Waals surface area contributed by atoms with Crippen molar-refractivity contribution in [1.82, 2.24) is 14.7 Å². The van der Waals surface area contributed by atoms with E-state index in [0.717, 1.165) is 39.4 Å². The molecule has 3 aromatic rings. The number of ketones is 1. The van der Waals surface area contributed by atoms with Crippen molar-refractivity contribution in [2.45, 2.75) is 46.0 Å². The van der Waals surface area contributed by atoms with E-state index in [0.29, 0.717) is 17.9 Å². The highest BCUT2D eigenvalue weighted by Crippen LogP contribution is 2.41. The molecule has 0 radical (unpaired) electrons. The number of aromatic nitrogens is 3. The predicted molar refractivity (Wildman–Crippen MR) is 92.3 cm³/mol. The minimum Gasteiger partial charge on any atom is -0.361 e. The van der Waals surface area contributed by atoms with Gasteiger partial charge in [-0.2, -0.15) is 0 Å². The molecule has 2 heterocycles. The van der Waals surface area contributed by atoms with Crippen molar-refractivity contribution in [3.8, 4) is 11.1 Å². The smallest absolute Gasteiger partial charge is 0.164 e. The van der Waals surface area contributed by atoms with Crippen LogP contribution in [0.15, 0.2) is 16.7 Å². The Hall–Kier alpha value is -2.43. The normalized spacial score (nSPS) is 14.5. The second-order valence-electron chi connectivity index (χ2n) is 6.67. The van der Waals surface area contributed by atoms with Crippen LogP contribution in [-0.4, -0.2) is 20.5 Å². The second kappa shape index (κ2) is 5.30. The predicted octanol–water partition coefficient (Wildman–Crippen LogP) is 4.32. The molecule has 0 N–H and O–H groups in total. The van der Waals surface area contributed by atoms with E-state index in [1.54, 1.807) is 0 Å². The molecule has 1 fully saturated rings. The standard InChI is InChI=1S/C19H21N3O2/c1-5-16(23)14-8-13(17-10(2)21-24-11(17)3)9-15-18(14)20-19(22(15)4)12-6-7-12/h8-9,12H,5-7H2,1-4H3. The van der Waals surface area contributed by atoms with Crippen LogP contribution >= 0.6 is 0 Å². The van der Waals surface area contributed by atoms with Crippen LogP contribution in [0.25, 0.3) is 22.2 Å². The number of Topliss-reactive ketones (excluding diaryl/α,β-unsaturated/α-hetero) is 1. The lowest BCUT2D eigenvalue weighted by Crippen LogP contribution is -2.00. The summed E-state index contributed by atoms with van der Waals surface area (Å²) in [6.07, 6.45) is 2.84. The molecule has 1 saturated carbocycles. The van der Waals surface area contributed by atoms with Crippen LogP contribution in [0.4, 0.5) is 0 Å². The van der Waals surface area contributed by atoms with Crippen LogP contribution in [-0.2, 0) is 7.05 Å². The average Bonchev–Trinajstić information content (AvgIpc) is 3.29. The molecule has 0 saturated heterocycles. The maximum Gasteiger partial charge on any atom is 0.164 e. The van der Waals surface area contributed by atoms with E-state index in [2.05, 4.69) is 15.8 Å². The quantitative estimate of drug-likeness (QED) is 0.671. The van der Waals surface area contributed by atoms with E-state index in [1.807, 2.05) is 33.9 Å². The fourth-order valence-corrected chi connectivity index (χ4v) is 3.45. The van der Waals surface area contributed by atoms with Crippen molar-refractivity contribution < 1.29 is 9.32 Å². The van der Waals surface area contributed by atoms with E-state index in [9.17, 15) is 4.79 Å². The van der Waals surface area contributed by atoms with Gasteiger partial charge in [-0.3, -0.25) is 4.79 Å². The summed E-state index contributed by atoms with van der Waals surface area (Å²) in [5.41, 5.74) is 5.31. The van der Waals surface area contributed by atoms with Crippen LogP contribution in [0.5, 0.6) is 0 Å². The molecule has 0 bridgehead atoms. The van der Waals surface area contributed by atoms with Crippen LogP contribution < -0.4 is 0 Å². The first kappa shape index (κ1) is 15.1. The van der Waals surface area contributed by atoms with Gasteiger partial charge in [0.05, 0.1) is 16.7 Å². The van der Waals surface area contributed by atoms with Gasteiger partial charge < -0.3 is 9.09 Å². The van der Waals surface area contributed by atoms with Gasteiger partial charge in [0, 0.05) is 30.5 Å². The Morgan fingerprint density at radius 1 is 1.33 bits per heavy atom. The lowest BCUT2D eigenvalue weighted by Gasteiger charge is -2.07. The number of rotatable bonds is 4. The molecule has 124 valence electrons. The molecule has 0 unspecified atom stereocenters. The Bertz CT molecular complexity index is 941. The van der Waals surface area contributed by atoms with Gasteiger partial charge in [0.25, 0.3) is 0 Å². The third-order valence-corrected chi connectivity index (χ3v) is 4.91. The van der Waals surface area contributed by atoms with Gasteiger partial charge in [-0.1, -0.05) is 12.1 Å². The number of aryl methyl sites for hydroxylation is 3. The number of hydrogen-bond donors (Lipinski definition) is 0.